The zero-order valence-corrected chi connectivity index (χ0v) is 5.63. The Bertz CT molecular complexity index is 291. The molecule has 1 aliphatic rings. The summed E-state index contributed by atoms with van der Waals surface area (Å²) in [6.45, 7) is 2.04. The molecule has 1 N–H and O–H groups in total. The van der Waals surface area contributed by atoms with Gasteiger partial charge in [0, 0.05) is 0 Å². The molecular weight excluding hydrogens is 126 g/mol. The first-order chi connectivity index (χ1) is 4.86. The number of benzene rings is 1. The van der Waals surface area contributed by atoms with Crippen LogP contribution in [0.2, 0.25) is 0 Å². The van der Waals surface area contributed by atoms with Crippen molar-refractivity contribution < 1.29 is 0 Å². The van der Waals surface area contributed by atoms with Gasteiger partial charge in [-0.1, -0.05) is 11.5 Å². The molecule has 10 heavy (non-hydrogen) atoms. The summed E-state index contributed by atoms with van der Waals surface area (Å²) in [5.74, 6) is 0. The number of nitrogens with one attached hydrogen (secondary N) is 1. The normalized spacial score (nSPS) is 12.9. The van der Waals surface area contributed by atoms with Crippen LogP contribution in [0, 0.1) is 6.92 Å². The molecule has 1 heterocycles. The second-order valence-electron chi connectivity index (χ2n) is 2.33. The molecule has 1 aliphatic heterocycles. The van der Waals surface area contributed by atoms with E-state index in [0.717, 1.165) is 11.4 Å². The fraction of sp³-hybridized carbons (Fsp3) is 0.143. The van der Waals surface area contributed by atoms with Crippen molar-refractivity contribution in [3.8, 4) is 0 Å². The van der Waals surface area contributed by atoms with E-state index in [1.165, 1.54) is 5.56 Å². The number of rotatable bonds is 0. The first-order valence-electron chi connectivity index (χ1n) is 3.14. The largest absolute Gasteiger partial charge is 0.331 e. The first kappa shape index (κ1) is 5.41. The van der Waals surface area contributed by atoms with Crippen molar-refractivity contribution in [2.75, 3.05) is 5.43 Å². The third-order valence-electron chi connectivity index (χ3n) is 1.48. The molecule has 1 aromatic carbocycles. The molecule has 2 rings (SSSR count). The quantitative estimate of drug-likeness (QED) is 0.575. The standard InChI is InChI=1S/C7H7N3/c1-5-2-3-6-7(4-5)9-10-8-6/h2-4H,1H3,(H,8,9)/q+1. The van der Waals surface area contributed by atoms with Gasteiger partial charge in [-0.3, -0.25) is 0 Å². The van der Waals surface area contributed by atoms with E-state index in [1.54, 1.807) is 0 Å². The van der Waals surface area contributed by atoms with Gasteiger partial charge in [0.1, 0.15) is 10.8 Å². The highest BCUT2D eigenvalue weighted by atomic mass is 15.5. The van der Waals surface area contributed by atoms with Crippen molar-refractivity contribution in [1.82, 2.24) is 5.22 Å². The Kier molecular flexibility index (Phi) is 0.974. The molecule has 0 bridgehead atoms. The number of anilines is 1. The molecule has 0 amide bonds. The maximum Gasteiger partial charge on any atom is 0.331 e. The molecule has 0 saturated carbocycles. The van der Waals surface area contributed by atoms with Gasteiger partial charge in [0.05, 0.1) is 0 Å². The molecule has 0 unspecified atom stereocenters. The van der Waals surface area contributed by atoms with Gasteiger partial charge >= 0.3 is 5.22 Å². The molecular formula is C7H7N3+. The summed E-state index contributed by atoms with van der Waals surface area (Å²) in [6.07, 6.45) is 0. The highest BCUT2D eigenvalue weighted by Gasteiger charge is 2.15. The molecule has 0 spiro atoms. The van der Waals surface area contributed by atoms with Gasteiger partial charge in [-0.25, -0.2) is 0 Å². The second kappa shape index (κ2) is 1.80. The van der Waals surface area contributed by atoms with Crippen molar-refractivity contribution in [2.45, 2.75) is 6.92 Å². The average Bonchev–Trinajstić information content (AvgIpc) is 2.33. The molecule has 3 heteroatoms. The van der Waals surface area contributed by atoms with Gasteiger partial charge in [-0.05, 0) is 24.6 Å². The zero-order chi connectivity index (χ0) is 6.97. The lowest BCUT2D eigenvalue weighted by molar-refractivity contribution is 1.06. The Labute approximate surface area is 58.8 Å². The maximum absolute atomic E-state index is 3.87. The summed E-state index contributed by atoms with van der Waals surface area (Å²) >= 11 is 0. The van der Waals surface area contributed by atoms with Crippen LogP contribution in [-0.4, -0.2) is 0 Å². The summed E-state index contributed by atoms with van der Waals surface area (Å²) in [4.78, 5) is 0. The van der Waals surface area contributed by atoms with Crippen LogP contribution in [0.25, 0.3) is 0 Å². The second-order valence-corrected chi connectivity index (χ2v) is 2.33. The average molecular weight is 133 g/mol. The van der Waals surface area contributed by atoms with Gasteiger partial charge in [0.2, 0.25) is 0 Å². The highest BCUT2D eigenvalue weighted by molar-refractivity contribution is 5.67. The van der Waals surface area contributed by atoms with Crippen LogP contribution in [-0.2, 0) is 0 Å². The van der Waals surface area contributed by atoms with Crippen molar-refractivity contribution in [1.29, 1.82) is 0 Å². The fourth-order valence-electron chi connectivity index (χ4n) is 0.952. The molecule has 0 saturated heterocycles. The Hall–Kier alpha value is -1.38. The van der Waals surface area contributed by atoms with Gasteiger partial charge in [-0.15, -0.1) is 0 Å². The predicted octanol–water partition coefficient (Wildman–Crippen LogP) is 1.76. The minimum Gasteiger partial charge on any atom is -0.0687 e. The summed E-state index contributed by atoms with van der Waals surface area (Å²) in [6, 6.07) is 6.01. The van der Waals surface area contributed by atoms with Crippen molar-refractivity contribution in [2.24, 2.45) is 5.11 Å². The van der Waals surface area contributed by atoms with Crippen LogP contribution in [0.3, 0.4) is 0 Å². The van der Waals surface area contributed by atoms with E-state index >= 15 is 0 Å². The zero-order valence-electron chi connectivity index (χ0n) is 5.63. The lowest BCUT2D eigenvalue weighted by atomic mass is 10.2. The van der Waals surface area contributed by atoms with Crippen molar-refractivity contribution >= 4 is 11.4 Å². The molecule has 0 aromatic heterocycles. The summed E-state index contributed by atoms with van der Waals surface area (Å²) in [7, 11) is 0. The number of nitrogens with zero attached hydrogens (tertiary/aromatic N) is 2. The molecule has 3 nitrogen and oxygen atoms in total. The Morgan fingerprint density at radius 1 is 1.50 bits per heavy atom. The first-order valence-corrected chi connectivity index (χ1v) is 3.14. The monoisotopic (exact) mass is 133 g/mol. The number of fused-ring (bicyclic) bond motifs is 1. The van der Waals surface area contributed by atoms with E-state index in [1.807, 2.05) is 25.1 Å². The van der Waals surface area contributed by atoms with E-state index in [-0.39, 0.29) is 0 Å². The van der Waals surface area contributed by atoms with Gasteiger partial charge in [0.25, 0.3) is 0 Å². The van der Waals surface area contributed by atoms with E-state index in [2.05, 4.69) is 15.8 Å². The minimum atomic E-state index is 0.931. The lowest BCUT2D eigenvalue weighted by Gasteiger charge is -1.90. The summed E-state index contributed by atoms with van der Waals surface area (Å²) in [5.41, 5.74) is 5.92. The van der Waals surface area contributed by atoms with E-state index in [4.69, 9.17) is 0 Å². The Morgan fingerprint density at radius 3 is 3.30 bits per heavy atom. The fourth-order valence-corrected chi connectivity index (χ4v) is 0.952. The maximum atomic E-state index is 3.87. The highest BCUT2D eigenvalue weighted by Crippen LogP contribution is 2.27. The summed E-state index contributed by atoms with van der Waals surface area (Å²) < 4.78 is 0. The Morgan fingerprint density at radius 2 is 2.40 bits per heavy atom. The van der Waals surface area contributed by atoms with Crippen LogP contribution in [0.1, 0.15) is 5.56 Å². The predicted molar refractivity (Wildman–Crippen MR) is 39.0 cm³/mol. The van der Waals surface area contributed by atoms with Crippen molar-refractivity contribution in [3.63, 3.8) is 0 Å². The summed E-state index contributed by atoms with van der Waals surface area (Å²) in [5, 5.41) is 7.54. The van der Waals surface area contributed by atoms with Crippen LogP contribution in [0.15, 0.2) is 23.3 Å². The number of aryl methyl sites for hydroxylation is 1. The molecule has 0 aliphatic carbocycles. The van der Waals surface area contributed by atoms with Crippen LogP contribution in [0.4, 0.5) is 11.4 Å². The molecule has 49 valence electrons. The third kappa shape index (κ3) is 0.673. The van der Waals surface area contributed by atoms with Gasteiger partial charge in [0.15, 0.2) is 5.69 Å². The van der Waals surface area contributed by atoms with Gasteiger partial charge in [-0.2, -0.15) is 0 Å². The Balaban J connectivity index is 2.60. The van der Waals surface area contributed by atoms with E-state index in [0.29, 0.717) is 0 Å². The van der Waals surface area contributed by atoms with E-state index in [9.17, 15) is 0 Å². The molecule has 1 aromatic rings. The molecule has 1 radical (unpaired) electrons. The lowest BCUT2D eigenvalue weighted by Crippen LogP contribution is -1.90. The number of hydrogen-bond acceptors (Lipinski definition) is 3. The van der Waals surface area contributed by atoms with E-state index < -0.39 is 0 Å². The smallest absolute Gasteiger partial charge is 0.0687 e. The van der Waals surface area contributed by atoms with Crippen molar-refractivity contribution in [3.05, 3.63) is 23.8 Å². The SMILES string of the molecule is Cc1ccc2c(c1)N=[N+]N2. The van der Waals surface area contributed by atoms with Crippen LogP contribution >= 0.6 is 0 Å². The van der Waals surface area contributed by atoms with Crippen LogP contribution in [0.5, 0.6) is 0 Å². The topological polar surface area (TPSA) is 38.5 Å². The molecule has 0 atom stereocenters. The minimum absolute atomic E-state index is 0.931. The van der Waals surface area contributed by atoms with Gasteiger partial charge < -0.3 is 0 Å². The third-order valence-corrected chi connectivity index (χ3v) is 1.48. The van der Waals surface area contributed by atoms with Crippen LogP contribution < -0.4 is 10.6 Å². The molecule has 0 fully saturated rings. The number of hydrogen-bond donors (Lipinski definition) is 1.